The van der Waals surface area contributed by atoms with Crippen LogP contribution >= 0.6 is 0 Å². The summed E-state index contributed by atoms with van der Waals surface area (Å²) in [4.78, 5) is 0. The van der Waals surface area contributed by atoms with Gasteiger partial charge in [0.2, 0.25) is 0 Å². The zero-order valence-corrected chi connectivity index (χ0v) is 12.1. The van der Waals surface area contributed by atoms with E-state index in [1.54, 1.807) is 55.4 Å². The summed E-state index contributed by atoms with van der Waals surface area (Å²) in [6.07, 6.45) is -0.667. The smallest absolute Gasteiger partial charge is 0.187 e. The maximum atomic E-state index is 8.06. The molecular formula is C12H38Al2O4. The van der Waals surface area contributed by atoms with E-state index >= 15 is 0 Å². The van der Waals surface area contributed by atoms with Crippen LogP contribution in [-0.4, -0.2) is 79.6 Å². The second kappa shape index (κ2) is 30.7. The van der Waals surface area contributed by atoms with Gasteiger partial charge >= 0.3 is 0 Å². The molecule has 0 aliphatic rings. The molecule has 0 amide bonds. The lowest BCUT2D eigenvalue weighted by Gasteiger charge is -1.80. The third-order valence-corrected chi connectivity index (χ3v) is 0. The Balaban J connectivity index is -0.0000000257. The van der Waals surface area contributed by atoms with E-state index in [0.717, 1.165) is 0 Å². The van der Waals surface area contributed by atoms with Gasteiger partial charge in [-0.2, -0.15) is 0 Å². The van der Waals surface area contributed by atoms with E-state index in [9.17, 15) is 0 Å². The molecule has 0 radical (unpaired) electrons. The molecule has 4 N–H and O–H groups in total. The first-order chi connectivity index (χ1) is 6.93. The summed E-state index contributed by atoms with van der Waals surface area (Å²) in [6.45, 7) is 13.8. The topological polar surface area (TPSA) is 80.9 Å². The van der Waals surface area contributed by atoms with Gasteiger partial charge in [-0.25, -0.2) is 0 Å². The predicted octanol–water partition coefficient (Wildman–Crippen LogP) is -0.819. The van der Waals surface area contributed by atoms with Crippen molar-refractivity contribution in [3.63, 3.8) is 0 Å². The van der Waals surface area contributed by atoms with E-state index in [1.807, 2.05) is 0 Å². The van der Waals surface area contributed by atoms with E-state index in [-0.39, 0.29) is 59.1 Å². The molecule has 4 nitrogen and oxygen atoms in total. The van der Waals surface area contributed by atoms with E-state index < -0.39 is 0 Å². The summed E-state index contributed by atoms with van der Waals surface area (Å²) in [6, 6.07) is 0. The highest BCUT2D eigenvalue weighted by Crippen LogP contribution is 1.66. The third-order valence-electron chi connectivity index (χ3n) is 0. The van der Waals surface area contributed by atoms with Crippen LogP contribution in [0.3, 0.4) is 0 Å². The van der Waals surface area contributed by atoms with Gasteiger partial charge in [-0.3, -0.25) is 0 Å². The van der Waals surface area contributed by atoms with Crippen LogP contribution in [0.2, 0.25) is 0 Å². The van der Waals surface area contributed by atoms with Crippen LogP contribution in [0, 0.1) is 0 Å². The van der Waals surface area contributed by atoms with Gasteiger partial charge in [-0.1, -0.05) is 0 Å². The minimum Gasteiger partial charge on any atom is -0.394 e. The quantitative estimate of drug-likeness (QED) is 0.441. The largest absolute Gasteiger partial charge is 0.394 e. The summed E-state index contributed by atoms with van der Waals surface area (Å²) in [5.74, 6) is 0. The Morgan fingerprint density at radius 2 is 0.389 bits per heavy atom. The molecule has 0 aliphatic carbocycles. The predicted molar refractivity (Wildman–Crippen MR) is 89.3 cm³/mol. The molecule has 0 bridgehead atoms. The van der Waals surface area contributed by atoms with Crippen molar-refractivity contribution in [1.29, 1.82) is 0 Å². The van der Waals surface area contributed by atoms with E-state index in [0.29, 0.717) is 0 Å². The summed E-state index contributed by atoms with van der Waals surface area (Å²) in [7, 11) is 0. The van der Waals surface area contributed by atoms with Gasteiger partial charge in [0.25, 0.3) is 0 Å². The van der Waals surface area contributed by atoms with Crippen molar-refractivity contribution in [2.75, 3.05) is 0 Å². The van der Waals surface area contributed by atoms with Gasteiger partial charge in [-0.05, 0) is 55.4 Å². The van der Waals surface area contributed by atoms with Crippen LogP contribution in [0.5, 0.6) is 0 Å². The minimum absolute atomic E-state index is 0. The first-order valence-electron chi connectivity index (χ1n) is 5.65. The van der Waals surface area contributed by atoms with Crippen LogP contribution in [0.25, 0.3) is 0 Å². The lowest BCUT2D eigenvalue weighted by molar-refractivity contribution is 0.215. The Bertz CT molecular complexity index is 65.1. The van der Waals surface area contributed by atoms with Crippen molar-refractivity contribution >= 4 is 34.7 Å². The Hall–Kier alpha value is 0.905. The SMILES string of the molecule is CC(C)O.CC(C)O.CC(C)O.CC(C)O.[AlH3].[AlH3]. The van der Waals surface area contributed by atoms with Crippen LogP contribution in [0.4, 0.5) is 0 Å². The average Bonchev–Trinajstić information content (AvgIpc) is 1.76. The molecule has 0 aromatic heterocycles. The number of hydrogen-bond donors (Lipinski definition) is 4. The molecular weight excluding hydrogens is 262 g/mol. The van der Waals surface area contributed by atoms with Crippen molar-refractivity contribution in [1.82, 2.24) is 0 Å². The molecule has 0 rings (SSSR count). The molecule has 6 heteroatoms. The molecule has 0 spiro atoms. The molecule has 0 aromatic rings. The Morgan fingerprint density at radius 1 is 0.389 bits per heavy atom. The third kappa shape index (κ3) is 5220. The average molecular weight is 300 g/mol. The van der Waals surface area contributed by atoms with E-state index in [2.05, 4.69) is 0 Å². The van der Waals surface area contributed by atoms with Crippen molar-refractivity contribution in [2.45, 2.75) is 79.8 Å². The molecule has 0 fully saturated rings. The molecule has 18 heavy (non-hydrogen) atoms. The fourth-order valence-corrected chi connectivity index (χ4v) is 0. The van der Waals surface area contributed by atoms with Crippen molar-refractivity contribution < 1.29 is 20.4 Å². The number of rotatable bonds is 0. The fraction of sp³-hybridized carbons (Fsp3) is 1.00. The van der Waals surface area contributed by atoms with Gasteiger partial charge < -0.3 is 20.4 Å². The van der Waals surface area contributed by atoms with Crippen molar-refractivity contribution in [3.05, 3.63) is 0 Å². The normalized spacial score (nSPS) is 8.00. The Morgan fingerprint density at radius 3 is 0.389 bits per heavy atom. The van der Waals surface area contributed by atoms with Gasteiger partial charge in [0.05, 0.1) is 0 Å². The van der Waals surface area contributed by atoms with E-state index in [4.69, 9.17) is 20.4 Å². The molecule has 116 valence electrons. The first-order valence-corrected chi connectivity index (χ1v) is 5.65. The highest BCUT2D eigenvalue weighted by Gasteiger charge is 1.70. The van der Waals surface area contributed by atoms with Crippen molar-refractivity contribution in [3.8, 4) is 0 Å². The zero-order valence-electron chi connectivity index (χ0n) is 12.1. The maximum absolute atomic E-state index is 8.06. The number of aliphatic hydroxyl groups is 4. The molecule has 0 saturated carbocycles. The van der Waals surface area contributed by atoms with Gasteiger partial charge in [0, 0.05) is 24.4 Å². The van der Waals surface area contributed by atoms with Crippen molar-refractivity contribution in [2.24, 2.45) is 0 Å². The second-order valence-corrected chi connectivity index (χ2v) is 4.37. The number of hydrogen-bond acceptors (Lipinski definition) is 4. The summed E-state index contributed by atoms with van der Waals surface area (Å²) in [5, 5.41) is 32.2. The van der Waals surface area contributed by atoms with E-state index in [1.165, 1.54) is 0 Å². The summed E-state index contributed by atoms with van der Waals surface area (Å²) >= 11 is 0. The first kappa shape index (κ1) is 36.4. The standard InChI is InChI=1S/4C3H8O.2Al.6H/c4*1-3(2)4;;;;;;;;/h4*3-4H,1-2H3;;;;;;;;. The Labute approximate surface area is 135 Å². The minimum atomic E-state index is -0.167. The summed E-state index contributed by atoms with van der Waals surface area (Å²) in [5.41, 5.74) is 0. The second-order valence-electron chi connectivity index (χ2n) is 4.37. The van der Waals surface area contributed by atoms with Gasteiger partial charge in [0.15, 0.2) is 34.7 Å². The Kier molecular flexibility index (Phi) is 62.1. The fourth-order valence-electron chi connectivity index (χ4n) is 0. The van der Waals surface area contributed by atoms with Crippen LogP contribution < -0.4 is 0 Å². The molecule has 0 unspecified atom stereocenters. The lowest BCUT2D eigenvalue weighted by Crippen LogP contribution is -1.85. The zero-order chi connectivity index (χ0) is 14.3. The molecule has 0 atom stereocenters. The monoisotopic (exact) mass is 300 g/mol. The van der Waals surface area contributed by atoms with Crippen LogP contribution in [0.15, 0.2) is 0 Å². The number of aliphatic hydroxyl groups excluding tert-OH is 4. The molecule has 0 saturated heterocycles. The summed E-state index contributed by atoms with van der Waals surface area (Å²) < 4.78 is 0. The molecule has 0 aromatic carbocycles. The van der Waals surface area contributed by atoms with Gasteiger partial charge in [-0.15, -0.1) is 0 Å². The van der Waals surface area contributed by atoms with Crippen LogP contribution in [0.1, 0.15) is 55.4 Å². The highest BCUT2D eigenvalue weighted by atomic mass is 27.0. The highest BCUT2D eigenvalue weighted by molar-refractivity contribution is 5.76. The lowest BCUT2D eigenvalue weighted by atomic mass is 10.5. The molecule has 0 aliphatic heterocycles. The maximum Gasteiger partial charge on any atom is 0.187 e. The molecule has 0 heterocycles. The van der Waals surface area contributed by atoms with Crippen LogP contribution in [-0.2, 0) is 0 Å². The van der Waals surface area contributed by atoms with Gasteiger partial charge in [0.1, 0.15) is 0 Å².